The molecule has 3 rings (SSSR count). The van der Waals surface area contributed by atoms with Crippen LogP contribution in [0.15, 0.2) is 48.7 Å². The van der Waals surface area contributed by atoms with Gasteiger partial charge in [-0.1, -0.05) is 30.3 Å². The number of cyclic esters (lactones) is 1. The van der Waals surface area contributed by atoms with E-state index in [9.17, 15) is 9.90 Å². The second-order valence-corrected chi connectivity index (χ2v) is 5.87. The topological polar surface area (TPSA) is 62.7 Å². The van der Waals surface area contributed by atoms with E-state index in [4.69, 9.17) is 4.74 Å². The normalized spacial score (nSPS) is 20.6. The van der Waals surface area contributed by atoms with Crippen molar-refractivity contribution < 1.29 is 14.6 Å². The summed E-state index contributed by atoms with van der Waals surface area (Å²) in [7, 11) is 0. The summed E-state index contributed by atoms with van der Waals surface area (Å²) in [6, 6.07) is 13.5. The van der Waals surface area contributed by atoms with E-state index in [1.165, 1.54) is 4.90 Å². The van der Waals surface area contributed by atoms with Gasteiger partial charge in [0.2, 0.25) is 0 Å². The summed E-state index contributed by atoms with van der Waals surface area (Å²) < 4.78 is 5.26. The largest absolute Gasteiger partial charge is 0.440 e. The molecule has 1 atom stereocenters. The number of aliphatic hydroxyl groups is 1. The number of aromatic nitrogens is 1. The number of ether oxygens (including phenoxy) is 1. The summed E-state index contributed by atoms with van der Waals surface area (Å²) in [4.78, 5) is 17.7. The third kappa shape index (κ3) is 2.67. The van der Waals surface area contributed by atoms with Crippen LogP contribution < -0.4 is 4.90 Å². The van der Waals surface area contributed by atoms with Crippen LogP contribution >= 0.6 is 0 Å². The molecule has 0 spiro atoms. The second kappa shape index (κ2) is 5.42. The second-order valence-electron chi connectivity index (χ2n) is 5.87. The quantitative estimate of drug-likeness (QED) is 0.926. The van der Waals surface area contributed by atoms with Crippen LogP contribution in [0.25, 0.3) is 11.1 Å². The van der Waals surface area contributed by atoms with E-state index < -0.39 is 17.8 Å². The van der Waals surface area contributed by atoms with Crippen molar-refractivity contribution in [3.63, 3.8) is 0 Å². The highest BCUT2D eigenvalue weighted by atomic mass is 16.6. The van der Waals surface area contributed by atoms with Gasteiger partial charge in [-0.15, -0.1) is 0 Å². The Morgan fingerprint density at radius 1 is 1.18 bits per heavy atom. The monoisotopic (exact) mass is 298 g/mol. The smallest absolute Gasteiger partial charge is 0.416 e. The molecule has 2 aromatic rings. The number of carbonyl (C=O) groups is 1. The van der Waals surface area contributed by atoms with Gasteiger partial charge in [-0.25, -0.2) is 9.78 Å². The Morgan fingerprint density at radius 3 is 2.55 bits per heavy atom. The summed E-state index contributed by atoms with van der Waals surface area (Å²) >= 11 is 0. The van der Waals surface area contributed by atoms with E-state index in [1.54, 1.807) is 26.1 Å². The third-order valence-corrected chi connectivity index (χ3v) is 3.86. The number of anilines is 1. The van der Waals surface area contributed by atoms with Gasteiger partial charge in [0.25, 0.3) is 0 Å². The standard InChI is InChI=1S/C17H18N2O3/c1-17(2)14(20)11-19(16(21)22-17)15-9-8-13(10-18-15)12-6-4-3-5-7-12/h3-10,14,20H,11H2,1-2H3. The zero-order valence-electron chi connectivity index (χ0n) is 12.6. The summed E-state index contributed by atoms with van der Waals surface area (Å²) in [6.45, 7) is 3.56. The number of pyridine rings is 1. The third-order valence-electron chi connectivity index (χ3n) is 3.86. The lowest BCUT2D eigenvalue weighted by atomic mass is 9.99. The summed E-state index contributed by atoms with van der Waals surface area (Å²) in [5, 5.41) is 10.1. The van der Waals surface area contributed by atoms with E-state index in [0.29, 0.717) is 5.82 Å². The lowest BCUT2D eigenvalue weighted by Gasteiger charge is -2.39. The van der Waals surface area contributed by atoms with Crippen LogP contribution in [-0.4, -0.2) is 34.4 Å². The maximum Gasteiger partial charge on any atom is 0.416 e. The van der Waals surface area contributed by atoms with Crippen molar-refractivity contribution in [1.82, 2.24) is 4.98 Å². The molecule has 1 aromatic heterocycles. The van der Waals surface area contributed by atoms with Gasteiger partial charge in [-0.3, -0.25) is 4.90 Å². The van der Waals surface area contributed by atoms with Crippen LogP contribution in [0.2, 0.25) is 0 Å². The maximum atomic E-state index is 12.1. The molecule has 1 saturated heterocycles. The lowest BCUT2D eigenvalue weighted by Crippen LogP contribution is -2.56. The molecule has 1 aliphatic heterocycles. The minimum atomic E-state index is -0.877. The molecule has 0 aliphatic carbocycles. The van der Waals surface area contributed by atoms with Crippen LogP contribution in [0, 0.1) is 0 Å². The number of carbonyl (C=O) groups excluding carboxylic acids is 1. The molecule has 1 fully saturated rings. The van der Waals surface area contributed by atoms with Crippen molar-refractivity contribution in [3.05, 3.63) is 48.7 Å². The summed E-state index contributed by atoms with van der Waals surface area (Å²) in [5.41, 5.74) is 1.15. The average Bonchev–Trinajstić information content (AvgIpc) is 2.52. The zero-order valence-corrected chi connectivity index (χ0v) is 12.6. The fourth-order valence-corrected chi connectivity index (χ4v) is 2.35. The highest BCUT2D eigenvalue weighted by Gasteiger charge is 2.41. The van der Waals surface area contributed by atoms with E-state index in [-0.39, 0.29) is 6.54 Å². The maximum absolute atomic E-state index is 12.1. The van der Waals surface area contributed by atoms with Gasteiger partial charge in [0, 0.05) is 11.8 Å². The highest BCUT2D eigenvalue weighted by molar-refractivity contribution is 5.88. The predicted molar refractivity (Wildman–Crippen MR) is 83.6 cm³/mol. The van der Waals surface area contributed by atoms with Crippen LogP contribution in [0.5, 0.6) is 0 Å². The number of rotatable bonds is 2. The Labute approximate surface area is 129 Å². The van der Waals surface area contributed by atoms with E-state index in [2.05, 4.69) is 4.98 Å². The molecule has 0 radical (unpaired) electrons. The van der Waals surface area contributed by atoms with Crippen molar-refractivity contribution in [2.45, 2.75) is 25.6 Å². The minimum Gasteiger partial charge on any atom is -0.440 e. The van der Waals surface area contributed by atoms with Crippen LogP contribution in [0.1, 0.15) is 13.8 Å². The molecule has 114 valence electrons. The molecule has 5 nitrogen and oxygen atoms in total. The first kappa shape index (κ1) is 14.5. The Morgan fingerprint density at radius 2 is 1.91 bits per heavy atom. The van der Waals surface area contributed by atoms with Crippen molar-refractivity contribution in [2.24, 2.45) is 0 Å². The first-order valence-electron chi connectivity index (χ1n) is 7.17. The Bertz CT molecular complexity index is 668. The fraction of sp³-hybridized carbons (Fsp3) is 0.294. The van der Waals surface area contributed by atoms with Gasteiger partial charge in [0.15, 0.2) is 0 Å². The molecule has 0 saturated carbocycles. The number of aliphatic hydroxyl groups excluding tert-OH is 1. The SMILES string of the molecule is CC1(C)OC(=O)N(c2ccc(-c3ccccc3)cn2)CC1O. The van der Waals surface area contributed by atoms with Gasteiger partial charge in [-0.2, -0.15) is 0 Å². The molecule has 1 unspecified atom stereocenters. The lowest BCUT2D eigenvalue weighted by molar-refractivity contribution is -0.0681. The van der Waals surface area contributed by atoms with Crippen molar-refractivity contribution in [3.8, 4) is 11.1 Å². The molecular weight excluding hydrogens is 280 g/mol. The molecular formula is C17H18N2O3. The summed E-state index contributed by atoms with van der Waals surface area (Å²) in [6.07, 6.45) is 0.459. The molecule has 5 heteroatoms. The number of amides is 1. The van der Waals surface area contributed by atoms with Gasteiger partial charge in [0.05, 0.1) is 6.54 Å². The summed E-state index contributed by atoms with van der Waals surface area (Å²) in [5.74, 6) is 0.472. The molecule has 0 bridgehead atoms. The molecule has 1 aromatic carbocycles. The Hall–Kier alpha value is -2.40. The first-order chi connectivity index (χ1) is 10.5. The van der Waals surface area contributed by atoms with Crippen molar-refractivity contribution in [2.75, 3.05) is 11.4 Å². The van der Waals surface area contributed by atoms with E-state index in [1.807, 2.05) is 36.4 Å². The first-order valence-corrected chi connectivity index (χ1v) is 7.17. The number of hydrogen-bond donors (Lipinski definition) is 1. The highest BCUT2D eigenvalue weighted by Crippen LogP contribution is 2.27. The number of hydrogen-bond acceptors (Lipinski definition) is 4. The Balaban J connectivity index is 1.83. The molecule has 2 heterocycles. The van der Waals surface area contributed by atoms with E-state index >= 15 is 0 Å². The van der Waals surface area contributed by atoms with Gasteiger partial charge < -0.3 is 9.84 Å². The molecule has 1 N–H and O–H groups in total. The van der Waals surface area contributed by atoms with Gasteiger partial charge >= 0.3 is 6.09 Å². The minimum absolute atomic E-state index is 0.170. The van der Waals surface area contributed by atoms with Crippen LogP contribution in [0.3, 0.4) is 0 Å². The van der Waals surface area contributed by atoms with Gasteiger partial charge in [0.1, 0.15) is 17.5 Å². The van der Waals surface area contributed by atoms with Crippen LogP contribution in [0.4, 0.5) is 10.6 Å². The predicted octanol–water partition coefficient (Wildman–Crippen LogP) is 2.84. The van der Waals surface area contributed by atoms with Crippen molar-refractivity contribution >= 4 is 11.9 Å². The average molecular weight is 298 g/mol. The number of β-amino-alcohol motifs (C(OH)–C–C–N with tert-alkyl or cyclic N) is 1. The number of benzene rings is 1. The molecule has 1 aliphatic rings. The molecule has 22 heavy (non-hydrogen) atoms. The van der Waals surface area contributed by atoms with Crippen LogP contribution in [-0.2, 0) is 4.74 Å². The van der Waals surface area contributed by atoms with Gasteiger partial charge in [-0.05, 0) is 31.5 Å². The Kier molecular flexibility index (Phi) is 3.58. The zero-order chi connectivity index (χ0) is 15.7. The van der Waals surface area contributed by atoms with Crippen molar-refractivity contribution in [1.29, 1.82) is 0 Å². The molecule has 1 amide bonds. The van der Waals surface area contributed by atoms with E-state index in [0.717, 1.165) is 11.1 Å². The fourth-order valence-electron chi connectivity index (χ4n) is 2.35. The number of nitrogens with zero attached hydrogens (tertiary/aromatic N) is 2.